The van der Waals surface area contributed by atoms with E-state index >= 15 is 0 Å². The molecule has 0 radical (unpaired) electrons. The standard InChI is InChI=1S/C10H7ClO2/c11-10(13)7-2-1-6-3-4-9(12)8(6)5-7/h1-2,5H,3-4H2. The van der Waals surface area contributed by atoms with E-state index < -0.39 is 5.24 Å². The highest BCUT2D eigenvalue weighted by molar-refractivity contribution is 6.67. The number of hydrogen-bond acceptors (Lipinski definition) is 2. The van der Waals surface area contributed by atoms with Crippen LogP contribution >= 0.6 is 11.6 Å². The summed E-state index contributed by atoms with van der Waals surface area (Å²) in [6, 6.07) is 5.04. The molecule has 0 atom stereocenters. The number of hydrogen-bond donors (Lipinski definition) is 0. The maximum atomic E-state index is 11.3. The van der Waals surface area contributed by atoms with E-state index in [9.17, 15) is 9.59 Å². The predicted molar refractivity (Wildman–Crippen MR) is 49.3 cm³/mol. The second-order valence-corrected chi connectivity index (χ2v) is 3.41. The molecule has 2 nitrogen and oxygen atoms in total. The lowest BCUT2D eigenvalue weighted by Gasteiger charge is -1.98. The maximum absolute atomic E-state index is 11.3. The Morgan fingerprint density at radius 3 is 2.77 bits per heavy atom. The number of carbonyl (C=O) groups excluding carboxylic acids is 2. The summed E-state index contributed by atoms with van der Waals surface area (Å²) in [5, 5.41) is -0.512. The molecule has 0 fully saturated rings. The van der Waals surface area contributed by atoms with Gasteiger partial charge in [0.05, 0.1) is 0 Å². The number of Topliss-reactive ketones (excluding diaryl/α,β-unsaturated/α-hetero) is 1. The molecule has 1 aliphatic rings. The number of rotatable bonds is 1. The molecule has 0 amide bonds. The van der Waals surface area contributed by atoms with Crippen LogP contribution in [0.15, 0.2) is 18.2 Å². The van der Waals surface area contributed by atoms with E-state index in [1.165, 1.54) is 0 Å². The highest BCUT2D eigenvalue weighted by Crippen LogP contribution is 2.23. The van der Waals surface area contributed by atoms with Gasteiger partial charge >= 0.3 is 0 Å². The van der Waals surface area contributed by atoms with Gasteiger partial charge < -0.3 is 0 Å². The Morgan fingerprint density at radius 2 is 2.08 bits per heavy atom. The van der Waals surface area contributed by atoms with Gasteiger partial charge in [-0.1, -0.05) is 6.07 Å². The van der Waals surface area contributed by atoms with E-state index in [0.29, 0.717) is 17.5 Å². The van der Waals surface area contributed by atoms with Crippen molar-refractivity contribution in [3.63, 3.8) is 0 Å². The van der Waals surface area contributed by atoms with Crippen molar-refractivity contribution in [2.75, 3.05) is 0 Å². The van der Waals surface area contributed by atoms with Gasteiger partial charge in [0.2, 0.25) is 0 Å². The molecule has 0 saturated carbocycles. The summed E-state index contributed by atoms with van der Waals surface area (Å²) < 4.78 is 0. The first-order chi connectivity index (χ1) is 6.18. The van der Waals surface area contributed by atoms with Crippen LogP contribution < -0.4 is 0 Å². The van der Waals surface area contributed by atoms with Gasteiger partial charge in [0.1, 0.15) is 0 Å². The average Bonchev–Trinajstić information content (AvgIpc) is 2.47. The molecule has 2 rings (SSSR count). The zero-order valence-corrected chi connectivity index (χ0v) is 7.60. The van der Waals surface area contributed by atoms with Crippen LogP contribution in [0.3, 0.4) is 0 Å². The molecule has 0 spiro atoms. The monoisotopic (exact) mass is 194 g/mol. The minimum absolute atomic E-state index is 0.106. The summed E-state index contributed by atoms with van der Waals surface area (Å²) in [6.07, 6.45) is 1.33. The lowest BCUT2D eigenvalue weighted by Crippen LogP contribution is -1.95. The van der Waals surface area contributed by atoms with Crippen LogP contribution in [0.25, 0.3) is 0 Å². The van der Waals surface area contributed by atoms with E-state index in [-0.39, 0.29) is 5.78 Å². The summed E-state index contributed by atoms with van der Waals surface area (Å²) in [5.74, 6) is 0.106. The van der Waals surface area contributed by atoms with Gasteiger partial charge in [-0.3, -0.25) is 9.59 Å². The third-order valence-electron chi connectivity index (χ3n) is 2.26. The Bertz CT molecular complexity index is 396. The van der Waals surface area contributed by atoms with Crippen molar-refractivity contribution in [3.05, 3.63) is 34.9 Å². The Morgan fingerprint density at radius 1 is 1.31 bits per heavy atom. The topological polar surface area (TPSA) is 34.1 Å². The lowest BCUT2D eigenvalue weighted by atomic mass is 10.1. The van der Waals surface area contributed by atoms with Gasteiger partial charge in [-0.15, -0.1) is 0 Å². The van der Waals surface area contributed by atoms with Crippen molar-refractivity contribution in [2.24, 2.45) is 0 Å². The Balaban J connectivity index is 2.54. The van der Waals surface area contributed by atoms with Crippen molar-refractivity contribution in [1.82, 2.24) is 0 Å². The molecule has 0 saturated heterocycles. The van der Waals surface area contributed by atoms with Crippen LogP contribution in [0.1, 0.15) is 32.7 Å². The Hall–Kier alpha value is -1.15. The van der Waals surface area contributed by atoms with Crippen LogP contribution in [-0.2, 0) is 6.42 Å². The third-order valence-corrected chi connectivity index (χ3v) is 2.48. The van der Waals surface area contributed by atoms with Crippen molar-refractivity contribution >= 4 is 22.6 Å². The number of fused-ring (bicyclic) bond motifs is 1. The van der Waals surface area contributed by atoms with Crippen molar-refractivity contribution in [1.29, 1.82) is 0 Å². The smallest absolute Gasteiger partial charge is 0.252 e. The zero-order valence-electron chi connectivity index (χ0n) is 6.84. The lowest BCUT2D eigenvalue weighted by molar-refractivity contribution is 0.0994. The van der Waals surface area contributed by atoms with E-state index in [4.69, 9.17) is 11.6 Å². The fourth-order valence-corrected chi connectivity index (χ4v) is 1.68. The summed E-state index contributed by atoms with van der Waals surface area (Å²) in [7, 11) is 0. The second kappa shape index (κ2) is 2.96. The molecule has 1 aromatic rings. The summed E-state index contributed by atoms with van der Waals surface area (Å²) in [5.41, 5.74) is 2.08. The van der Waals surface area contributed by atoms with Gasteiger partial charge in [0.25, 0.3) is 5.24 Å². The summed E-state index contributed by atoms with van der Waals surface area (Å²) in [4.78, 5) is 22.1. The number of halogens is 1. The van der Waals surface area contributed by atoms with Crippen LogP contribution in [0.2, 0.25) is 0 Å². The van der Waals surface area contributed by atoms with Gasteiger partial charge in [-0.05, 0) is 35.7 Å². The molecular formula is C10H7ClO2. The number of carbonyl (C=O) groups is 2. The third kappa shape index (κ3) is 1.38. The van der Waals surface area contributed by atoms with E-state index in [1.807, 2.05) is 0 Å². The molecular weight excluding hydrogens is 188 g/mol. The molecule has 0 unspecified atom stereocenters. The van der Waals surface area contributed by atoms with Gasteiger partial charge in [-0.2, -0.15) is 0 Å². The van der Waals surface area contributed by atoms with Crippen molar-refractivity contribution in [2.45, 2.75) is 12.8 Å². The molecule has 0 aromatic heterocycles. The first-order valence-electron chi connectivity index (χ1n) is 4.04. The van der Waals surface area contributed by atoms with Crippen LogP contribution in [0.4, 0.5) is 0 Å². The minimum atomic E-state index is -0.512. The predicted octanol–water partition coefficient (Wildman–Crippen LogP) is 2.19. The number of aryl methyl sites for hydroxylation is 1. The van der Waals surface area contributed by atoms with Gasteiger partial charge in [0.15, 0.2) is 5.78 Å². The largest absolute Gasteiger partial charge is 0.294 e. The van der Waals surface area contributed by atoms with Gasteiger partial charge in [-0.25, -0.2) is 0 Å². The van der Waals surface area contributed by atoms with E-state index in [2.05, 4.69) is 0 Å². The molecule has 66 valence electrons. The average molecular weight is 195 g/mol. The molecule has 0 N–H and O–H groups in total. The van der Waals surface area contributed by atoms with Gasteiger partial charge in [0, 0.05) is 17.5 Å². The molecule has 0 aliphatic heterocycles. The Kier molecular flexibility index (Phi) is 1.93. The molecule has 0 heterocycles. The summed E-state index contributed by atoms with van der Waals surface area (Å²) >= 11 is 5.30. The SMILES string of the molecule is O=C(Cl)c1ccc2c(c1)C(=O)CC2. The Labute approximate surface area is 80.5 Å². The van der Waals surface area contributed by atoms with Crippen LogP contribution in [0, 0.1) is 0 Å². The van der Waals surface area contributed by atoms with Crippen molar-refractivity contribution in [3.8, 4) is 0 Å². The fraction of sp³-hybridized carbons (Fsp3) is 0.200. The second-order valence-electron chi connectivity index (χ2n) is 3.07. The summed E-state index contributed by atoms with van der Waals surface area (Å²) in [6.45, 7) is 0. The fourth-order valence-electron chi connectivity index (χ4n) is 1.56. The minimum Gasteiger partial charge on any atom is -0.294 e. The highest BCUT2D eigenvalue weighted by Gasteiger charge is 2.20. The number of ketones is 1. The maximum Gasteiger partial charge on any atom is 0.252 e. The molecule has 0 bridgehead atoms. The molecule has 3 heteroatoms. The van der Waals surface area contributed by atoms with Crippen LogP contribution in [-0.4, -0.2) is 11.0 Å². The normalized spacial score (nSPS) is 14.4. The molecule has 13 heavy (non-hydrogen) atoms. The zero-order chi connectivity index (χ0) is 9.42. The van der Waals surface area contributed by atoms with E-state index in [0.717, 1.165) is 12.0 Å². The van der Waals surface area contributed by atoms with Crippen LogP contribution in [0.5, 0.6) is 0 Å². The van der Waals surface area contributed by atoms with Crippen molar-refractivity contribution < 1.29 is 9.59 Å². The number of benzene rings is 1. The first-order valence-corrected chi connectivity index (χ1v) is 4.42. The first kappa shape index (κ1) is 8.45. The van der Waals surface area contributed by atoms with E-state index in [1.54, 1.807) is 18.2 Å². The quantitative estimate of drug-likeness (QED) is 0.643. The highest BCUT2D eigenvalue weighted by atomic mass is 35.5. The molecule has 1 aliphatic carbocycles. The molecule has 1 aromatic carbocycles.